The first-order chi connectivity index (χ1) is 20.9. The van der Waals surface area contributed by atoms with Crippen molar-refractivity contribution in [2.24, 2.45) is 29.6 Å². The van der Waals surface area contributed by atoms with Gasteiger partial charge in [0.15, 0.2) is 0 Å². The Kier molecular flexibility index (Phi) is 6.31. The summed E-state index contributed by atoms with van der Waals surface area (Å²) in [6.07, 6.45) is 0.841. The van der Waals surface area contributed by atoms with E-state index in [2.05, 4.69) is 42.2 Å². The number of methoxy groups -OCH3 is 1. The van der Waals surface area contributed by atoms with Crippen LogP contribution < -0.4 is 19.2 Å². The average Bonchev–Trinajstić information content (AvgIpc) is 3.76. The van der Waals surface area contributed by atoms with E-state index >= 15 is 0 Å². The van der Waals surface area contributed by atoms with E-state index in [1.807, 2.05) is 18.2 Å². The number of aryl methyl sites for hydroxylation is 1. The molecule has 0 radical (unpaired) electrons. The number of benzene rings is 3. The van der Waals surface area contributed by atoms with Crippen molar-refractivity contribution in [1.82, 2.24) is 4.98 Å². The fraction of sp³-hybridized carbons (Fsp3) is 0.324. The molecule has 9 heteroatoms. The maximum Gasteiger partial charge on any atom is 0.305 e. The summed E-state index contributed by atoms with van der Waals surface area (Å²) in [4.78, 5) is 46.1. The summed E-state index contributed by atoms with van der Waals surface area (Å²) in [7, 11) is 1.59. The minimum atomic E-state index is -0.359. The number of thiazole rings is 1. The number of imide groups is 1. The van der Waals surface area contributed by atoms with Gasteiger partial charge < -0.3 is 14.5 Å². The summed E-state index contributed by atoms with van der Waals surface area (Å²) in [6, 6.07) is 23.6. The van der Waals surface area contributed by atoms with Crippen LogP contribution in [0.5, 0.6) is 11.5 Å². The van der Waals surface area contributed by atoms with Crippen molar-refractivity contribution in [3.63, 3.8) is 0 Å². The SMILES string of the molecule is COc1ccc(N2C(=O)[C@H]3[C@H]4C[C@@H]([C@@H]3C2=O)[C@H]2[C@H](c3ccccc3OCc3ccc(C)cc3)c3sc(=O)[nH]c3S[C@H]42)cc1. The minimum Gasteiger partial charge on any atom is -0.497 e. The number of aromatic amines is 1. The highest BCUT2D eigenvalue weighted by atomic mass is 32.2. The Bertz CT molecular complexity index is 1800. The van der Waals surface area contributed by atoms with Gasteiger partial charge in [0.25, 0.3) is 0 Å². The van der Waals surface area contributed by atoms with E-state index in [1.165, 1.54) is 21.8 Å². The largest absolute Gasteiger partial charge is 0.497 e. The average molecular weight is 611 g/mol. The summed E-state index contributed by atoms with van der Waals surface area (Å²) < 4.78 is 11.7. The van der Waals surface area contributed by atoms with Crippen molar-refractivity contribution in [1.29, 1.82) is 0 Å². The van der Waals surface area contributed by atoms with Crippen molar-refractivity contribution in [2.75, 3.05) is 12.0 Å². The van der Waals surface area contributed by atoms with Crippen LogP contribution in [0.1, 0.15) is 33.9 Å². The van der Waals surface area contributed by atoms with Crippen LogP contribution in [0.15, 0.2) is 82.6 Å². The highest BCUT2D eigenvalue weighted by molar-refractivity contribution is 8.00. The molecule has 2 aliphatic heterocycles. The fourth-order valence-corrected chi connectivity index (χ4v) is 10.9. The van der Waals surface area contributed by atoms with Crippen LogP contribution in [0, 0.1) is 36.5 Å². The summed E-state index contributed by atoms with van der Waals surface area (Å²) >= 11 is 2.96. The van der Waals surface area contributed by atoms with Crippen LogP contribution in [0.3, 0.4) is 0 Å². The van der Waals surface area contributed by atoms with Gasteiger partial charge in [-0.1, -0.05) is 59.4 Å². The highest BCUT2D eigenvalue weighted by Gasteiger charge is 2.69. The first-order valence-corrected chi connectivity index (χ1v) is 16.3. The number of rotatable bonds is 6. The van der Waals surface area contributed by atoms with E-state index in [0.717, 1.165) is 33.2 Å². The molecular formula is C34H30N2O5S2. The monoisotopic (exact) mass is 610 g/mol. The van der Waals surface area contributed by atoms with E-state index in [1.54, 1.807) is 43.1 Å². The van der Waals surface area contributed by atoms with Gasteiger partial charge in [-0.2, -0.15) is 0 Å². The summed E-state index contributed by atoms with van der Waals surface area (Å²) in [5.74, 6) is 0.657. The number of nitrogens with one attached hydrogen (secondary N) is 1. The minimum absolute atomic E-state index is 0.0349. The normalized spacial score (nSPS) is 28.5. The van der Waals surface area contributed by atoms with Crippen LogP contribution in [-0.2, 0) is 16.2 Å². The third-order valence-electron chi connectivity index (χ3n) is 9.82. The van der Waals surface area contributed by atoms with Gasteiger partial charge in [-0.05, 0) is 67.0 Å². The zero-order valence-corrected chi connectivity index (χ0v) is 25.3. The van der Waals surface area contributed by atoms with E-state index in [-0.39, 0.29) is 57.4 Å². The molecule has 2 saturated carbocycles. The zero-order valence-electron chi connectivity index (χ0n) is 23.7. The molecule has 0 unspecified atom stereocenters. The van der Waals surface area contributed by atoms with Gasteiger partial charge in [-0.25, -0.2) is 0 Å². The fourth-order valence-electron chi connectivity index (χ4n) is 8.07. The zero-order chi connectivity index (χ0) is 29.4. The lowest BCUT2D eigenvalue weighted by Crippen LogP contribution is -2.42. The first kappa shape index (κ1) is 26.8. The summed E-state index contributed by atoms with van der Waals surface area (Å²) in [5.41, 5.74) is 3.91. The Hall–Kier alpha value is -3.82. The molecule has 2 aliphatic carbocycles. The molecule has 2 amide bonds. The van der Waals surface area contributed by atoms with Gasteiger partial charge in [0.05, 0.1) is 29.7 Å². The predicted octanol–water partition coefficient (Wildman–Crippen LogP) is 6.01. The number of fused-ring (bicyclic) bond motifs is 9. The number of carbonyl (C=O) groups is 2. The van der Waals surface area contributed by atoms with Crippen LogP contribution in [-0.4, -0.2) is 29.2 Å². The van der Waals surface area contributed by atoms with Crippen molar-refractivity contribution < 1.29 is 19.1 Å². The maximum absolute atomic E-state index is 14.0. The Morgan fingerprint density at radius 3 is 2.37 bits per heavy atom. The molecule has 43 heavy (non-hydrogen) atoms. The second-order valence-corrected chi connectivity index (χ2v) is 14.2. The number of hydrogen-bond acceptors (Lipinski definition) is 7. The number of thioether (sulfide) groups is 1. The number of ether oxygens (including phenoxy) is 2. The smallest absolute Gasteiger partial charge is 0.305 e. The molecule has 2 bridgehead atoms. The molecular weight excluding hydrogens is 581 g/mol. The van der Waals surface area contributed by atoms with Crippen molar-refractivity contribution in [2.45, 2.75) is 36.1 Å². The lowest BCUT2D eigenvalue weighted by molar-refractivity contribution is -0.123. The van der Waals surface area contributed by atoms with E-state index < -0.39 is 0 Å². The van der Waals surface area contributed by atoms with Gasteiger partial charge in [0.1, 0.15) is 18.1 Å². The molecule has 1 N–H and O–H groups in total. The van der Waals surface area contributed by atoms with E-state index in [4.69, 9.17) is 9.47 Å². The molecule has 3 fully saturated rings. The third kappa shape index (κ3) is 4.12. The van der Waals surface area contributed by atoms with Crippen molar-refractivity contribution in [3.8, 4) is 11.5 Å². The van der Waals surface area contributed by atoms with Crippen molar-refractivity contribution >= 4 is 40.6 Å². The van der Waals surface area contributed by atoms with Gasteiger partial charge in [0.2, 0.25) is 11.8 Å². The third-order valence-corrected chi connectivity index (χ3v) is 12.4. The lowest BCUT2D eigenvalue weighted by Gasteiger charge is -2.43. The van der Waals surface area contributed by atoms with Crippen LogP contribution >= 0.6 is 23.1 Å². The number of para-hydroxylation sites is 1. The van der Waals surface area contributed by atoms with Crippen LogP contribution in [0.4, 0.5) is 5.69 Å². The molecule has 218 valence electrons. The van der Waals surface area contributed by atoms with Gasteiger partial charge in [0, 0.05) is 21.6 Å². The number of anilines is 1. The molecule has 4 aliphatic rings. The molecule has 7 nitrogen and oxygen atoms in total. The van der Waals surface area contributed by atoms with Gasteiger partial charge in [-0.15, -0.1) is 11.8 Å². The molecule has 3 aromatic carbocycles. The summed E-state index contributed by atoms with van der Waals surface area (Å²) in [6.45, 7) is 2.50. The van der Waals surface area contributed by atoms with Gasteiger partial charge in [-0.3, -0.25) is 19.3 Å². The van der Waals surface area contributed by atoms with Crippen LogP contribution in [0.25, 0.3) is 0 Å². The predicted molar refractivity (Wildman–Crippen MR) is 166 cm³/mol. The standard InChI is InChI=1S/C34H30N2O5S2/c1-17-7-9-18(10-8-17)16-41-24-6-4-3-5-21(24)25-26-22-15-23(29(26)42-31-30(25)43-34(39)35-31)28-27(22)32(37)36(33(28)38)19-11-13-20(40-2)14-12-19/h3-14,22-23,25-29H,15-16H2,1-2H3,(H,35,39)/t22-,23-,25+,26+,27+,28+,29-/m1/s1. The van der Waals surface area contributed by atoms with Crippen molar-refractivity contribution in [3.05, 3.63) is 104 Å². The highest BCUT2D eigenvalue weighted by Crippen LogP contribution is 2.69. The quantitative estimate of drug-likeness (QED) is 0.269. The first-order valence-electron chi connectivity index (χ1n) is 14.6. The number of nitrogens with zero attached hydrogens (tertiary/aromatic N) is 1. The number of H-pyrrole nitrogens is 1. The maximum atomic E-state index is 14.0. The molecule has 1 aromatic heterocycles. The molecule has 0 spiro atoms. The number of hydrogen-bond donors (Lipinski definition) is 1. The van der Waals surface area contributed by atoms with Gasteiger partial charge >= 0.3 is 4.87 Å². The summed E-state index contributed by atoms with van der Waals surface area (Å²) in [5, 5.41) is 1.01. The molecule has 7 atom stereocenters. The second kappa shape index (κ2) is 10.1. The Labute approximate surface area is 257 Å². The Morgan fingerprint density at radius 1 is 0.907 bits per heavy atom. The molecule has 8 rings (SSSR count). The number of amides is 2. The van der Waals surface area contributed by atoms with E-state index in [9.17, 15) is 14.4 Å². The number of aromatic nitrogens is 1. The number of carbonyl (C=O) groups excluding carboxylic acids is 2. The lowest BCUT2D eigenvalue weighted by atomic mass is 9.68. The molecule has 1 saturated heterocycles. The Morgan fingerprint density at radius 2 is 1.63 bits per heavy atom. The van der Waals surface area contributed by atoms with E-state index in [0.29, 0.717) is 18.0 Å². The Balaban J connectivity index is 1.17. The molecule has 3 heterocycles. The molecule has 4 aromatic rings. The van der Waals surface area contributed by atoms with Crippen LogP contribution in [0.2, 0.25) is 0 Å². The topological polar surface area (TPSA) is 88.7 Å². The second-order valence-electron chi connectivity index (χ2n) is 12.0.